The third kappa shape index (κ3) is 2.19. The standard InChI is InChI=1S/C14H16FNO/c15-13-5-3-10(4-6-13)12-7-8-16(9-12)14(17)11-1-2-11/h3-6,11-12H,1-2,7-9H2/t12-/m0/s1. The van der Waals surface area contributed by atoms with Crippen LogP contribution in [-0.2, 0) is 4.79 Å². The molecular formula is C14H16FNO. The van der Waals surface area contributed by atoms with Gasteiger partial charge in [-0.15, -0.1) is 0 Å². The van der Waals surface area contributed by atoms with Crippen LogP contribution in [0.15, 0.2) is 24.3 Å². The van der Waals surface area contributed by atoms with Crippen molar-refractivity contribution in [3.05, 3.63) is 35.6 Å². The molecule has 2 aliphatic rings. The van der Waals surface area contributed by atoms with Crippen molar-refractivity contribution in [1.29, 1.82) is 0 Å². The summed E-state index contributed by atoms with van der Waals surface area (Å²) < 4.78 is 12.8. The molecule has 1 saturated heterocycles. The smallest absolute Gasteiger partial charge is 0.225 e. The number of amides is 1. The molecule has 1 aromatic carbocycles. The number of rotatable bonds is 2. The van der Waals surface area contributed by atoms with E-state index in [1.165, 1.54) is 12.1 Å². The van der Waals surface area contributed by atoms with E-state index in [-0.39, 0.29) is 5.82 Å². The van der Waals surface area contributed by atoms with Crippen molar-refractivity contribution in [2.24, 2.45) is 5.92 Å². The Kier molecular flexibility index (Phi) is 2.61. The van der Waals surface area contributed by atoms with Gasteiger partial charge in [0.15, 0.2) is 0 Å². The highest BCUT2D eigenvalue weighted by atomic mass is 19.1. The minimum absolute atomic E-state index is 0.197. The van der Waals surface area contributed by atoms with Crippen LogP contribution in [0, 0.1) is 11.7 Å². The van der Waals surface area contributed by atoms with E-state index >= 15 is 0 Å². The number of hydrogen-bond donors (Lipinski definition) is 0. The maximum Gasteiger partial charge on any atom is 0.225 e. The van der Waals surface area contributed by atoms with Gasteiger partial charge in [-0.25, -0.2) is 4.39 Å². The minimum Gasteiger partial charge on any atom is -0.342 e. The van der Waals surface area contributed by atoms with Crippen LogP contribution in [0.3, 0.4) is 0 Å². The molecule has 1 aromatic rings. The van der Waals surface area contributed by atoms with E-state index in [1.54, 1.807) is 0 Å². The largest absolute Gasteiger partial charge is 0.342 e. The van der Waals surface area contributed by atoms with Crippen LogP contribution < -0.4 is 0 Å². The summed E-state index contributed by atoms with van der Waals surface area (Å²) in [5, 5.41) is 0. The van der Waals surface area contributed by atoms with Crippen LogP contribution in [0.2, 0.25) is 0 Å². The van der Waals surface area contributed by atoms with Crippen molar-refractivity contribution in [2.45, 2.75) is 25.2 Å². The Bertz CT molecular complexity index is 424. The van der Waals surface area contributed by atoms with E-state index < -0.39 is 0 Å². The van der Waals surface area contributed by atoms with Gasteiger partial charge in [0.1, 0.15) is 5.82 Å². The number of nitrogens with zero attached hydrogens (tertiary/aromatic N) is 1. The molecular weight excluding hydrogens is 217 g/mol. The van der Waals surface area contributed by atoms with Crippen molar-refractivity contribution < 1.29 is 9.18 Å². The van der Waals surface area contributed by atoms with Crippen molar-refractivity contribution in [3.8, 4) is 0 Å². The predicted molar refractivity (Wildman–Crippen MR) is 63.1 cm³/mol. The van der Waals surface area contributed by atoms with Crippen LogP contribution in [0.25, 0.3) is 0 Å². The van der Waals surface area contributed by atoms with E-state index in [4.69, 9.17) is 0 Å². The Labute approximate surface area is 100 Å². The first kappa shape index (κ1) is 10.8. The monoisotopic (exact) mass is 233 g/mol. The van der Waals surface area contributed by atoms with Crippen LogP contribution in [0.1, 0.15) is 30.7 Å². The molecule has 90 valence electrons. The van der Waals surface area contributed by atoms with E-state index in [1.807, 2.05) is 17.0 Å². The molecule has 2 fully saturated rings. The zero-order valence-corrected chi connectivity index (χ0v) is 9.73. The van der Waals surface area contributed by atoms with Gasteiger partial charge < -0.3 is 4.90 Å². The van der Waals surface area contributed by atoms with Gasteiger partial charge in [-0.3, -0.25) is 4.79 Å². The van der Waals surface area contributed by atoms with Gasteiger partial charge in [0, 0.05) is 24.9 Å². The lowest BCUT2D eigenvalue weighted by molar-refractivity contribution is -0.131. The van der Waals surface area contributed by atoms with E-state index in [9.17, 15) is 9.18 Å². The van der Waals surface area contributed by atoms with E-state index in [0.717, 1.165) is 37.9 Å². The predicted octanol–water partition coefficient (Wildman–Crippen LogP) is 2.55. The average molecular weight is 233 g/mol. The van der Waals surface area contributed by atoms with E-state index in [2.05, 4.69) is 0 Å². The normalized spacial score (nSPS) is 24.1. The van der Waals surface area contributed by atoms with Gasteiger partial charge in [0.05, 0.1) is 0 Å². The first-order valence-corrected chi connectivity index (χ1v) is 6.28. The second-order valence-corrected chi connectivity index (χ2v) is 5.10. The van der Waals surface area contributed by atoms with Gasteiger partial charge in [-0.1, -0.05) is 12.1 Å². The molecule has 0 spiro atoms. The molecule has 0 radical (unpaired) electrons. The molecule has 0 N–H and O–H groups in total. The van der Waals surface area contributed by atoms with Gasteiger partial charge in [0.2, 0.25) is 5.91 Å². The van der Waals surface area contributed by atoms with Crippen LogP contribution in [0.4, 0.5) is 4.39 Å². The van der Waals surface area contributed by atoms with Crippen molar-refractivity contribution in [3.63, 3.8) is 0 Å². The summed E-state index contributed by atoms with van der Waals surface area (Å²) in [6, 6.07) is 6.68. The third-order valence-corrected chi connectivity index (χ3v) is 3.77. The Morgan fingerprint density at radius 1 is 1.18 bits per heavy atom. The van der Waals surface area contributed by atoms with Crippen LogP contribution in [-0.4, -0.2) is 23.9 Å². The fourth-order valence-electron chi connectivity index (χ4n) is 2.56. The Hall–Kier alpha value is -1.38. The second-order valence-electron chi connectivity index (χ2n) is 5.10. The van der Waals surface area contributed by atoms with Gasteiger partial charge in [0.25, 0.3) is 0 Å². The Balaban J connectivity index is 1.66. The summed E-state index contributed by atoms with van der Waals surface area (Å²) in [6.07, 6.45) is 3.14. The highest BCUT2D eigenvalue weighted by molar-refractivity contribution is 5.81. The van der Waals surface area contributed by atoms with Crippen molar-refractivity contribution in [1.82, 2.24) is 4.90 Å². The molecule has 0 bridgehead atoms. The van der Waals surface area contributed by atoms with Crippen molar-refractivity contribution in [2.75, 3.05) is 13.1 Å². The van der Waals surface area contributed by atoms with Crippen LogP contribution in [0.5, 0.6) is 0 Å². The molecule has 1 saturated carbocycles. The molecule has 1 aliphatic heterocycles. The lowest BCUT2D eigenvalue weighted by Crippen LogP contribution is -2.29. The maximum atomic E-state index is 12.8. The molecule has 2 nitrogen and oxygen atoms in total. The molecule has 1 aliphatic carbocycles. The molecule has 3 heteroatoms. The summed E-state index contributed by atoms with van der Waals surface area (Å²) in [5.41, 5.74) is 1.15. The SMILES string of the molecule is O=C(C1CC1)N1CC[C@H](c2ccc(F)cc2)C1. The average Bonchev–Trinajstić information content (AvgIpc) is 3.07. The summed E-state index contributed by atoms with van der Waals surface area (Å²) >= 11 is 0. The fraction of sp³-hybridized carbons (Fsp3) is 0.500. The Morgan fingerprint density at radius 3 is 2.53 bits per heavy atom. The molecule has 0 unspecified atom stereocenters. The topological polar surface area (TPSA) is 20.3 Å². The molecule has 1 heterocycles. The van der Waals surface area contributed by atoms with Gasteiger partial charge >= 0.3 is 0 Å². The summed E-state index contributed by atoms with van der Waals surface area (Å²) in [4.78, 5) is 13.9. The zero-order chi connectivity index (χ0) is 11.8. The number of carbonyl (C=O) groups is 1. The highest BCUT2D eigenvalue weighted by Crippen LogP contribution is 2.35. The summed E-state index contributed by atoms with van der Waals surface area (Å²) in [6.45, 7) is 1.67. The first-order chi connectivity index (χ1) is 8.24. The summed E-state index contributed by atoms with van der Waals surface area (Å²) in [7, 11) is 0. The van der Waals surface area contributed by atoms with E-state index in [0.29, 0.717) is 17.7 Å². The number of likely N-dealkylation sites (tertiary alicyclic amines) is 1. The third-order valence-electron chi connectivity index (χ3n) is 3.77. The summed E-state index contributed by atoms with van der Waals surface area (Å²) in [5.74, 6) is 0.826. The first-order valence-electron chi connectivity index (χ1n) is 6.28. The molecule has 3 rings (SSSR count). The molecule has 1 amide bonds. The number of hydrogen-bond acceptors (Lipinski definition) is 1. The minimum atomic E-state index is -0.197. The number of halogens is 1. The van der Waals surface area contributed by atoms with Gasteiger partial charge in [-0.05, 0) is 37.0 Å². The zero-order valence-electron chi connectivity index (χ0n) is 9.73. The quantitative estimate of drug-likeness (QED) is 0.768. The second kappa shape index (κ2) is 4.13. The molecule has 0 aromatic heterocycles. The fourth-order valence-corrected chi connectivity index (χ4v) is 2.56. The number of benzene rings is 1. The lowest BCUT2D eigenvalue weighted by Gasteiger charge is -2.16. The molecule has 17 heavy (non-hydrogen) atoms. The van der Waals surface area contributed by atoms with Crippen LogP contribution >= 0.6 is 0 Å². The maximum absolute atomic E-state index is 12.8. The van der Waals surface area contributed by atoms with Crippen molar-refractivity contribution >= 4 is 5.91 Å². The lowest BCUT2D eigenvalue weighted by atomic mass is 9.99. The number of carbonyl (C=O) groups excluding carboxylic acids is 1. The van der Waals surface area contributed by atoms with Gasteiger partial charge in [-0.2, -0.15) is 0 Å². The highest BCUT2D eigenvalue weighted by Gasteiger charge is 2.36. The Morgan fingerprint density at radius 2 is 1.88 bits per heavy atom. The molecule has 1 atom stereocenters.